The molecule has 6 heteroatoms. The summed E-state index contributed by atoms with van der Waals surface area (Å²) in [5.41, 5.74) is -0.0136. The Morgan fingerprint density at radius 1 is 1.28 bits per heavy atom. The van der Waals surface area contributed by atoms with Crippen LogP contribution in [0.15, 0.2) is 12.1 Å². The highest BCUT2D eigenvalue weighted by Gasteiger charge is 2.10. The van der Waals surface area contributed by atoms with Crippen LogP contribution < -0.4 is 5.32 Å². The number of nitrogens with one attached hydrogen (secondary N) is 1. The lowest BCUT2D eigenvalue weighted by molar-refractivity contribution is -0.121. The molecule has 0 fully saturated rings. The van der Waals surface area contributed by atoms with Gasteiger partial charge in [-0.25, -0.2) is 8.78 Å². The maximum absolute atomic E-state index is 13.4. The van der Waals surface area contributed by atoms with Crippen LogP contribution in [0.5, 0.6) is 0 Å². The topological polar surface area (TPSA) is 47.6 Å². The molecule has 0 spiro atoms. The first-order chi connectivity index (χ1) is 8.54. The normalized spacial score (nSPS) is 10.4. The quantitative estimate of drug-likeness (QED) is 0.793. The fourth-order valence-corrected chi connectivity index (χ4v) is 1.24. The van der Waals surface area contributed by atoms with E-state index in [-0.39, 0.29) is 24.5 Å². The summed E-state index contributed by atoms with van der Waals surface area (Å²) in [6.07, 6.45) is 0. The molecule has 4 nitrogen and oxygen atoms in total. The highest BCUT2D eigenvalue weighted by molar-refractivity contribution is 5.91. The Bertz CT molecular complexity index is 424. The Morgan fingerprint density at radius 3 is 2.67 bits per heavy atom. The van der Waals surface area contributed by atoms with E-state index in [0.29, 0.717) is 6.61 Å². The lowest BCUT2D eigenvalue weighted by atomic mass is 10.2. The molecule has 18 heavy (non-hydrogen) atoms. The van der Waals surface area contributed by atoms with Crippen LogP contribution in [0.1, 0.15) is 5.56 Å². The van der Waals surface area contributed by atoms with Crippen LogP contribution in [0.4, 0.5) is 14.5 Å². The fraction of sp³-hybridized carbons (Fsp3) is 0.417. The molecular formula is C12H15F2NO3. The third kappa shape index (κ3) is 4.38. The van der Waals surface area contributed by atoms with Gasteiger partial charge in [-0.3, -0.25) is 4.79 Å². The van der Waals surface area contributed by atoms with Gasteiger partial charge in [0, 0.05) is 13.2 Å². The van der Waals surface area contributed by atoms with Crippen molar-refractivity contribution in [2.45, 2.75) is 6.92 Å². The molecule has 0 aliphatic heterocycles. The summed E-state index contributed by atoms with van der Waals surface area (Å²) in [4.78, 5) is 11.4. The highest BCUT2D eigenvalue weighted by atomic mass is 19.1. The number of anilines is 1. The van der Waals surface area contributed by atoms with Crippen LogP contribution in [-0.2, 0) is 14.3 Å². The lowest BCUT2D eigenvalue weighted by Crippen LogP contribution is -2.20. The predicted molar refractivity (Wildman–Crippen MR) is 62.4 cm³/mol. The zero-order valence-electron chi connectivity index (χ0n) is 10.3. The van der Waals surface area contributed by atoms with Crippen molar-refractivity contribution in [1.82, 2.24) is 0 Å². The third-order valence-corrected chi connectivity index (χ3v) is 2.19. The van der Waals surface area contributed by atoms with Gasteiger partial charge in [0.05, 0.1) is 18.9 Å². The summed E-state index contributed by atoms with van der Waals surface area (Å²) < 4.78 is 36.3. The number of carbonyl (C=O) groups is 1. The van der Waals surface area contributed by atoms with Gasteiger partial charge in [0.25, 0.3) is 0 Å². The summed E-state index contributed by atoms with van der Waals surface area (Å²) in [7, 11) is 1.51. The van der Waals surface area contributed by atoms with E-state index >= 15 is 0 Å². The number of hydrogen-bond donors (Lipinski definition) is 1. The van der Waals surface area contributed by atoms with Crippen molar-refractivity contribution < 1.29 is 23.0 Å². The minimum Gasteiger partial charge on any atom is -0.382 e. The molecule has 1 aromatic carbocycles. The molecule has 0 heterocycles. The van der Waals surface area contributed by atoms with Crippen LogP contribution in [-0.4, -0.2) is 32.8 Å². The smallest absolute Gasteiger partial charge is 0.250 e. The first-order valence-electron chi connectivity index (χ1n) is 5.36. The van der Waals surface area contributed by atoms with E-state index < -0.39 is 17.5 Å². The number of aryl methyl sites for hydroxylation is 1. The molecule has 1 rings (SSSR count). The number of hydrogen-bond acceptors (Lipinski definition) is 3. The van der Waals surface area contributed by atoms with Gasteiger partial charge in [0.1, 0.15) is 18.2 Å². The largest absolute Gasteiger partial charge is 0.382 e. The summed E-state index contributed by atoms with van der Waals surface area (Å²) in [6, 6.07) is 1.97. The summed E-state index contributed by atoms with van der Waals surface area (Å²) in [6.45, 7) is 1.83. The molecule has 1 aromatic rings. The van der Waals surface area contributed by atoms with Gasteiger partial charge in [0.2, 0.25) is 5.91 Å². The van der Waals surface area contributed by atoms with Gasteiger partial charge in [0.15, 0.2) is 0 Å². The Morgan fingerprint density at radius 2 is 2.00 bits per heavy atom. The average molecular weight is 259 g/mol. The van der Waals surface area contributed by atoms with Crippen molar-refractivity contribution in [3.05, 3.63) is 29.3 Å². The lowest BCUT2D eigenvalue weighted by Gasteiger charge is -2.08. The van der Waals surface area contributed by atoms with Crippen molar-refractivity contribution >= 4 is 11.6 Å². The Labute approximate surface area is 104 Å². The van der Waals surface area contributed by atoms with Gasteiger partial charge in [-0.05, 0) is 18.6 Å². The van der Waals surface area contributed by atoms with E-state index in [1.165, 1.54) is 14.0 Å². The van der Waals surface area contributed by atoms with E-state index in [9.17, 15) is 13.6 Å². The number of amides is 1. The van der Waals surface area contributed by atoms with Crippen molar-refractivity contribution in [1.29, 1.82) is 0 Å². The predicted octanol–water partition coefficient (Wildman–Crippen LogP) is 1.87. The second-order valence-electron chi connectivity index (χ2n) is 3.67. The monoisotopic (exact) mass is 259 g/mol. The van der Waals surface area contributed by atoms with E-state index in [1.54, 1.807) is 0 Å². The number of benzene rings is 1. The van der Waals surface area contributed by atoms with Gasteiger partial charge in [-0.15, -0.1) is 0 Å². The number of carbonyl (C=O) groups excluding carboxylic acids is 1. The minimum absolute atomic E-state index is 0.182. The van der Waals surface area contributed by atoms with Crippen molar-refractivity contribution in [2.75, 3.05) is 32.2 Å². The molecule has 0 radical (unpaired) electrons. The first-order valence-corrected chi connectivity index (χ1v) is 5.36. The summed E-state index contributed by atoms with van der Waals surface area (Å²) in [5, 5.41) is 2.24. The van der Waals surface area contributed by atoms with Crippen LogP contribution in [0.25, 0.3) is 0 Å². The Hall–Kier alpha value is -1.53. The first kappa shape index (κ1) is 14.5. The molecule has 1 amide bonds. The second-order valence-corrected chi connectivity index (χ2v) is 3.67. The second kappa shape index (κ2) is 7.03. The van der Waals surface area contributed by atoms with Crippen molar-refractivity contribution in [2.24, 2.45) is 0 Å². The molecule has 0 saturated heterocycles. The maximum atomic E-state index is 13.4. The minimum atomic E-state index is -0.681. The van der Waals surface area contributed by atoms with Crippen molar-refractivity contribution in [3.8, 4) is 0 Å². The molecule has 0 unspecified atom stereocenters. The molecule has 0 aliphatic rings. The fourth-order valence-electron chi connectivity index (χ4n) is 1.24. The molecule has 0 bridgehead atoms. The average Bonchev–Trinajstić information content (AvgIpc) is 2.32. The molecule has 0 aromatic heterocycles. The molecule has 0 aliphatic carbocycles. The van der Waals surface area contributed by atoms with Gasteiger partial charge >= 0.3 is 0 Å². The van der Waals surface area contributed by atoms with Crippen LogP contribution in [0.3, 0.4) is 0 Å². The highest BCUT2D eigenvalue weighted by Crippen LogP contribution is 2.18. The SMILES string of the molecule is COCCOCC(=O)Nc1cc(F)c(C)cc1F. The summed E-state index contributed by atoms with van der Waals surface area (Å²) in [5.74, 6) is -1.81. The van der Waals surface area contributed by atoms with E-state index in [2.05, 4.69) is 5.32 Å². The van der Waals surface area contributed by atoms with Crippen LogP contribution >= 0.6 is 0 Å². The Kier molecular flexibility index (Phi) is 5.67. The van der Waals surface area contributed by atoms with E-state index in [4.69, 9.17) is 9.47 Å². The number of rotatable bonds is 6. The van der Waals surface area contributed by atoms with Crippen molar-refractivity contribution in [3.63, 3.8) is 0 Å². The van der Waals surface area contributed by atoms with Crippen LogP contribution in [0.2, 0.25) is 0 Å². The molecule has 0 saturated carbocycles. The van der Waals surface area contributed by atoms with Gasteiger partial charge in [-0.2, -0.15) is 0 Å². The number of methoxy groups -OCH3 is 1. The molecule has 1 N–H and O–H groups in total. The van der Waals surface area contributed by atoms with E-state index in [1.807, 2.05) is 0 Å². The van der Waals surface area contributed by atoms with Gasteiger partial charge < -0.3 is 14.8 Å². The number of ether oxygens (including phenoxy) is 2. The molecule has 100 valence electrons. The zero-order chi connectivity index (χ0) is 13.5. The third-order valence-electron chi connectivity index (χ3n) is 2.19. The van der Waals surface area contributed by atoms with Gasteiger partial charge in [-0.1, -0.05) is 0 Å². The summed E-state index contributed by atoms with van der Waals surface area (Å²) >= 11 is 0. The zero-order valence-corrected chi connectivity index (χ0v) is 10.3. The maximum Gasteiger partial charge on any atom is 0.250 e. The molecular weight excluding hydrogens is 244 g/mol. The standard InChI is InChI=1S/C12H15F2NO3/c1-8-5-10(14)11(6-9(8)13)15-12(16)7-18-4-3-17-2/h5-6H,3-4,7H2,1-2H3,(H,15,16). The van der Waals surface area contributed by atoms with Crippen LogP contribution in [0, 0.1) is 18.6 Å². The Balaban J connectivity index is 2.51. The number of halogens is 2. The van der Waals surface area contributed by atoms with E-state index in [0.717, 1.165) is 12.1 Å². The molecule has 0 atom stereocenters.